The number of halogens is 1. The van der Waals surface area contributed by atoms with Crippen molar-refractivity contribution in [2.75, 3.05) is 0 Å². The molecule has 0 bridgehead atoms. The number of hydrogen-bond donors (Lipinski definition) is 1. The predicted molar refractivity (Wildman–Crippen MR) is 58.8 cm³/mol. The molecule has 16 heavy (non-hydrogen) atoms. The molecule has 0 atom stereocenters. The van der Waals surface area contributed by atoms with Crippen molar-refractivity contribution >= 4 is 23.2 Å². The summed E-state index contributed by atoms with van der Waals surface area (Å²) in [5.74, 6) is 4.34. The molecule has 0 unspecified atom stereocenters. The van der Waals surface area contributed by atoms with E-state index < -0.39 is 10.8 Å². The van der Waals surface area contributed by atoms with Gasteiger partial charge in [0.2, 0.25) is 5.91 Å². The second-order valence-corrected chi connectivity index (χ2v) is 3.30. The minimum atomic E-state index is -0.586. The fourth-order valence-electron chi connectivity index (χ4n) is 0.994. The predicted octanol–water partition coefficient (Wildman–Crippen LogP) is 1.48. The summed E-state index contributed by atoms with van der Waals surface area (Å²) in [6.45, 7) is 0. The molecule has 2 N–H and O–H groups in total. The van der Waals surface area contributed by atoms with Gasteiger partial charge in [-0.15, -0.1) is 0 Å². The van der Waals surface area contributed by atoms with Crippen LogP contribution in [0.2, 0.25) is 5.02 Å². The molecule has 82 valence electrons. The highest BCUT2D eigenvalue weighted by atomic mass is 35.5. The zero-order valence-electron chi connectivity index (χ0n) is 8.07. The quantitative estimate of drug-likeness (QED) is 0.481. The van der Waals surface area contributed by atoms with Crippen molar-refractivity contribution in [3.63, 3.8) is 0 Å². The first-order valence-corrected chi connectivity index (χ1v) is 4.59. The molecule has 0 saturated heterocycles. The zero-order valence-corrected chi connectivity index (χ0v) is 8.82. The van der Waals surface area contributed by atoms with Gasteiger partial charge < -0.3 is 5.73 Å². The zero-order chi connectivity index (χ0) is 12.1. The summed E-state index contributed by atoms with van der Waals surface area (Å²) in [6.07, 6.45) is -0.149. The summed E-state index contributed by atoms with van der Waals surface area (Å²) in [5.41, 5.74) is 4.90. The standard InChI is InChI=1S/C10H7ClN2O3/c11-8-4-5-9(13(15)16)7(6-8)2-1-3-10(12)14/h4-6H,3H2,(H2,12,14). The molecule has 0 heterocycles. The van der Waals surface area contributed by atoms with Crippen LogP contribution in [-0.2, 0) is 4.79 Å². The summed E-state index contributed by atoms with van der Waals surface area (Å²) in [6, 6.07) is 4.03. The Morgan fingerprint density at radius 1 is 1.56 bits per heavy atom. The maximum absolute atomic E-state index is 10.6. The van der Waals surface area contributed by atoms with Gasteiger partial charge in [0.25, 0.3) is 5.69 Å². The molecule has 1 rings (SSSR count). The van der Waals surface area contributed by atoms with Gasteiger partial charge >= 0.3 is 0 Å². The summed E-state index contributed by atoms with van der Waals surface area (Å²) in [7, 11) is 0. The molecular weight excluding hydrogens is 232 g/mol. The van der Waals surface area contributed by atoms with Gasteiger partial charge in [-0.3, -0.25) is 14.9 Å². The van der Waals surface area contributed by atoms with E-state index in [0.29, 0.717) is 5.02 Å². The Morgan fingerprint density at radius 3 is 2.81 bits per heavy atom. The lowest BCUT2D eigenvalue weighted by Crippen LogP contribution is -2.08. The number of nitro groups is 1. The van der Waals surface area contributed by atoms with Crippen molar-refractivity contribution < 1.29 is 9.72 Å². The fraction of sp³-hybridized carbons (Fsp3) is 0.100. The number of amides is 1. The maximum Gasteiger partial charge on any atom is 0.285 e. The van der Waals surface area contributed by atoms with Gasteiger partial charge in [0.05, 0.1) is 11.3 Å². The lowest BCUT2D eigenvalue weighted by atomic mass is 10.2. The normalized spacial score (nSPS) is 9.06. The Balaban J connectivity index is 3.08. The van der Waals surface area contributed by atoms with Crippen molar-refractivity contribution in [2.24, 2.45) is 5.73 Å². The highest BCUT2D eigenvalue weighted by Crippen LogP contribution is 2.21. The topological polar surface area (TPSA) is 86.2 Å². The number of nitrogens with zero attached hydrogens (tertiary/aromatic N) is 1. The second-order valence-electron chi connectivity index (χ2n) is 2.86. The van der Waals surface area contributed by atoms with E-state index in [1.807, 2.05) is 0 Å². The minimum Gasteiger partial charge on any atom is -0.369 e. The van der Waals surface area contributed by atoms with Gasteiger partial charge in [0, 0.05) is 11.1 Å². The smallest absolute Gasteiger partial charge is 0.285 e. The van der Waals surface area contributed by atoms with Crippen LogP contribution in [0.25, 0.3) is 0 Å². The van der Waals surface area contributed by atoms with Gasteiger partial charge in [-0.25, -0.2) is 0 Å². The van der Waals surface area contributed by atoms with E-state index >= 15 is 0 Å². The van der Waals surface area contributed by atoms with E-state index in [1.165, 1.54) is 18.2 Å². The third kappa shape index (κ3) is 3.26. The minimum absolute atomic E-state index is 0.149. The van der Waals surface area contributed by atoms with E-state index in [9.17, 15) is 14.9 Å². The van der Waals surface area contributed by atoms with Gasteiger partial charge in [0.1, 0.15) is 5.56 Å². The number of benzene rings is 1. The molecule has 1 amide bonds. The number of nitrogens with two attached hydrogens (primary N) is 1. The average molecular weight is 239 g/mol. The van der Waals surface area contributed by atoms with Crippen LogP contribution >= 0.6 is 11.6 Å². The van der Waals surface area contributed by atoms with E-state index in [0.717, 1.165) is 0 Å². The highest BCUT2D eigenvalue weighted by molar-refractivity contribution is 6.30. The van der Waals surface area contributed by atoms with Crippen molar-refractivity contribution in [3.05, 3.63) is 38.9 Å². The van der Waals surface area contributed by atoms with Gasteiger partial charge in [0.15, 0.2) is 0 Å². The summed E-state index contributed by atoms with van der Waals surface area (Å²) in [5, 5.41) is 11.0. The molecule has 0 fully saturated rings. The van der Waals surface area contributed by atoms with Crippen molar-refractivity contribution in [1.82, 2.24) is 0 Å². The lowest BCUT2D eigenvalue weighted by Gasteiger charge is -1.95. The van der Waals surface area contributed by atoms with Crippen LogP contribution in [0.5, 0.6) is 0 Å². The second kappa shape index (κ2) is 5.14. The molecule has 0 aliphatic heterocycles. The number of nitro benzene ring substituents is 1. The first-order valence-electron chi connectivity index (χ1n) is 4.22. The average Bonchev–Trinajstić information content (AvgIpc) is 2.16. The van der Waals surface area contributed by atoms with Crippen molar-refractivity contribution in [1.29, 1.82) is 0 Å². The Hall–Kier alpha value is -2.06. The van der Waals surface area contributed by atoms with Crippen molar-refractivity contribution in [3.8, 4) is 11.8 Å². The largest absolute Gasteiger partial charge is 0.369 e. The van der Waals surface area contributed by atoms with E-state index in [2.05, 4.69) is 11.8 Å². The van der Waals surface area contributed by atoms with Crippen LogP contribution in [0.3, 0.4) is 0 Å². The molecule has 0 saturated carbocycles. The van der Waals surface area contributed by atoms with Crippen LogP contribution in [0, 0.1) is 22.0 Å². The monoisotopic (exact) mass is 238 g/mol. The third-order valence-corrected chi connectivity index (χ3v) is 1.88. The SMILES string of the molecule is NC(=O)CC#Cc1cc(Cl)ccc1[N+](=O)[O-]. The Bertz CT molecular complexity index is 503. The Kier molecular flexibility index (Phi) is 3.86. The lowest BCUT2D eigenvalue weighted by molar-refractivity contribution is -0.385. The van der Waals surface area contributed by atoms with Crippen LogP contribution in [0.15, 0.2) is 18.2 Å². The van der Waals surface area contributed by atoms with E-state index in [1.54, 1.807) is 0 Å². The van der Waals surface area contributed by atoms with Gasteiger partial charge in [-0.2, -0.15) is 0 Å². The number of hydrogen-bond acceptors (Lipinski definition) is 3. The molecule has 0 radical (unpaired) electrons. The Morgan fingerprint density at radius 2 is 2.25 bits per heavy atom. The van der Waals surface area contributed by atoms with Crippen LogP contribution in [-0.4, -0.2) is 10.8 Å². The highest BCUT2D eigenvalue weighted by Gasteiger charge is 2.11. The summed E-state index contributed by atoms with van der Waals surface area (Å²) >= 11 is 5.68. The molecular formula is C10H7ClN2O3. The van der Waals surface area contributed by atoms with Crippen molar-refractivity contribution in [2.45, 2.75) is 6.42 Å². The molecule has 0 aliphatic carbocycles. The molecule has 0 aliphatic rings. The molecule has 1 aromatic carbocycles. The molecule has 0 aromatic heterocycles. The van der Waals surface area contributed by atoms with Gasteiger partial charge in [-0.05, 0) is 12.1 Å². The molecule has 1 aromatic rings. The number of carbonyl (C=O) groups excluding carboxylic acids is 1. The van der Waals surface area contributed by atoms with E-state index in [4.69, 9.17) is 17.3 Å². The number of rotatable bonds is 2. The maximum atomic E-state index is 10.6. The molecule has 6 heteroatoms. The number of primary amides is 1. The third-order valence-electron chi connectivity index (χ3n) is 1.64. The van der Waals surface area contributed by atoms with Gasteiger partial charge in [-0.1, -0.05) is 23.4 Å². The molecule has 0 spiro atoms. The first-order chi connectivity index (χ1) is 7.50. The van der Waals surface area contributed by atoms with Crippen LogP contribution in [0.1, 0.15) is 12.0 Å². The summed E-state index contributed by atoms with van der Waals surface area (Å²) in [4.78, 5) is 20.5. The molecule has 5 nitrogen and oxygen atoms in total. The summed E-state index contributed by atoms with van der Waals surface area (Å²) < 4.78 is 0. The van der Waals surface area contributed by atoms with Crippen LogP contribution in [0.4, 0.5) is 5.69 Å². The number of carbonyl (C=O) groups is 1. The first kappa shape index (κ1) is 12.0. The van der Waals surface area contributed by atoms with Crippen LogP contribution < -0.4 is 5.73 Å². The fourth-order valence-corrected chi connectivity index (χ4v) is 1.17. The van der Waals surface area contributed by atoms with E-state index in [-0.39, 0.29) is 17.7 Å². The Labute approximate surface area is 96.3 Å².